The Bertz CT molecular complexity index is 3320. The van der Waals surface area contributed by atoms with E-state index in [1.165, 1.54) is 68.1 Å². The molecule has 0 spiro atoms. The number of benzene rings is 7. The minimum atomic E-state index is -0.396. The van der Waals surface area contributed by atoms with E-state index in [0.29, 0.717) is 41.9 Å². The predicted molar refractivity (Wildman–Crippen MR) is 330 cm³/mol. The average Bonchev–Trinajstić information content (AvgIpc) is 3.63. The summed E-state index contributed by atoms with van der Waals surface area (Å²) in [5.74, 6) is 2.34. The zero-order chi connectivity index (χ0) is 56.5. The molecule has 1 atom stereocenters. The van der Waals surface area contributed by atoms with Crippen molar-refractivity contribution in [3.63, 3.8) is 0 Å². The van der Waals surface area contributed by atoms with Crippen LogP contribution in [0.5, 0.6) is 34.5 Å². The number of hydrogen-bond acceptors (Lipinski definition) is 6. The van der Waals surface area contributed by atoms with Crippen LogP contribution in [0.3, 0.4) is 0 Å². The van der Waals surface area contributed by atoms with Crippen LogP contribution in [0, 0.1) is 34.6 Å². The molecule has 4 aliphatic rings. The molecule has 6 nitrogen and oxygen atoms in total. The predicted octanol–water partition coefficient (Wildman–Crippen LogP) is 19.2. The summed E-state index contributed by atoms with van der Waals surface area (Å²) in [6, 6.07) is 35.5. The summed E-state index contributed by atoms with van der Waals surface area (Å²) < 4.78 is 0. The lowest BCUT2D eigenvalue weighted by Gasteiger charge is -2.29. The van der Waals surface area contributed by atoms with E-state index in [1.54, 1.807) is 6.07 Å². The highest BCUT2D eigenvalue weighted by atomic mass is 16.3. The van der Waals surface area contributed by atoms with Gasteiger partial charge >= 0.3 is 0 Å². The molecule has 0 aliphatic heterocycles. The number of phenols is 6. The topological polar surface area (TPSA) is 121 Å². The quantitative estimate of drug-likeness (QED) is 0.0604. The minimum absolute atomic E-state index is 0.182. The fourth-order valence-corrected chi connectivity index (χ4v) is 15.5. The lowest BCUT2D eigenvalue weighted by Crippen LogP contribution is -2.13. The van der Waals surface area contributed by atoms with Gasteiger partial charge < -0.3 is 30.6 Å². The first-order chi connectivity index (χ1) is 39.2. The summed E-state index contributed by atoms with van der Waals surface area (Å²) in [6.45, 7) is 10.5. The van der Waals surface area contributed by atoms with E-state index < -0.39 is 5.92 Å². The zero-order valence-electron chi connectivity index (χ0n) is 49.0. The van der Waals surface area contributed by atoms with Crippen molar-refractivity contribution in [1.82, 2.24) is 0 Å². The molecule has 0 saturated heterocycles. The standard InChI is InChI=1S/C75H88O6/c1-45-32-57(37-50-27-30-68(76)66(39-50)73(59-41-56(29-26-46(59)2)52-18-10-6-11-19-52)60-42-63(70(78)34-47(60)3)53-20-12-7-13-21-53)75(81)58(33-45)38-51-28-31-69(77)67(40-51)74(61-43-64(71(79)35-48(61)4)54-22-14-8-15-23-54)62-44-65(72(80)36-49(62)5)55-24-16-9-17-25-55/h26-36,39-44,52-55,73-74,76-81H,6-25,37-38H2,1-5H3. The van der Waals surface area contributed by atoms with Crippen LogP contribution in [-0.2, 0) is 12.8 Å². The van der Waals surface area contributed by atoms with Gasteiger partial charge in [0.05, 0.1) is 0 Å². The normalized spacial score (nSPS) is 17.5. The van der Waals surface area contributed by atoms with Gasteiger partial charge in [-0.1, -0.05) is 155 Å². The van der Waals surface area contributed by atoms with E-state index in [-0.39, 0.29) is 35.0 Å². The summed E-state index contributed by atoms with van der Waals surface area (Å²) in [6.07, 6.45) is 23.9. The molecule has 0 aromatic heterocycles. The Hall–Kier alpha value is -6.66. The Balaban J connectivity index is 0.971. The maximum absolute atomic E-state index is 12.5. The molecule has 0 bridgehead atoms. The van der Waals surface area contributed by atoms with E-state index in [4.69, 9.17) is 0 Å². The van der Waals surface area contributed by atoms with Gasteiger partial charge in [0.15, 0.2) is 0 Å². The first-order valence-corrected chi connectivity index (χ1v) is 31.2. The number of aromatic hydroxyl groups is 6. The highest BCUT2D eigenvalue weighted by molar-refractivity contribution is 5.61. The second-order valence-corrected chi connectivity index (χ2v) is 25.7. The monoisotopic (exact) mass is 1080 g/mol. The fraction of sp³-hybridized carbons (Fsp3) is 0.440. The molecular weight excluding hydrogens is 997 g/mol. The summed E-state index contributed by atoms with van der Waals surface area (Å²) in [5, 5.41) is 71.5. The Morgan fingerprint density at radius 1 is 0.321 bits per heavy atom. The highest BCUT2D eigenvalue weighted by Crippen LogP contribution is 2.50. The maximum atomic E-state index is 12.5. The third-order valence-electron chi connectivity index (χ3n) is 20.0. The number of rotatable bonds is 14. The largest absolute Gasteiger partial charge is 0.508 e. The number of phenolic OH excluding ortho intramolecular Hbond substituents is 6. The van der Waals surface area contributed by atoms with Crippen molar-refractivity contribution in [3.05, 3.63) is 209 Å². The summed E-state index contributed by atoms with van der Waals surface area (Å²) >= 11 is 0. The maximum Gasteiger partial charge on any atom is 0.122 e. The molecule has 7 aromatic carbocycles. The average molecular weight is 1090 g/mol. The molecule has 81 heavy (non-hydrogen) atoms. The summed E-state index contributed by atoms with van der Waals surface area (Å²) in [5.41, 5.74) is 18.9. The molecule has 11 rings (SSSR count). The van der Waals surface area contributed by atoms with Gasteiger partial charge in [-0.05, 0) is 229 Å². The van der Waals surface area contributed by atoms with Crippen molar-refractivity contribution in [2.24, 2.45) is 0 Å². The lowest BCUT2D eigenvalue weighted by atomic mass is 9.75. The van der Waals surface area contributed by atoms with Crippen molar-refractivity contribution >= 4 is 0 Å². The Morgan fingerprint density at radius 2 is 0.667 bits per heavy atom. The van der Waals surface area contributed by atoms with Gasteiger partial charge in [-0.2, -0.15) is 0 Å². The van der Waals surface area contributed by atoms with Crippen LogP contribution >= 0.6 is 0 Å². The second-order valence-electron chi connectivity index (χ2n) is 25.7. The van der Waals surface area contributed by atoms with Crippen molar-refractivity contribution in [2.75, 3.05) is 0 Å². The van der Waals surface area contributed by atoms with Crippen LogP contribution < -0.4 is 0 Å². The second kappa shape index (κ2) is 24.4. The molecule has 0 radical (unpaired) electrons. The van der Waals surface area contributed by atoms with Crippen LogP contribution in [0.25, 0.3) is 0 Å². The zero-order valence-corrected chi connectivity index (χ0v) is 49.0. The van der Waals surface area contributed by atoms with Gasteiger partial charge in [0.1, 0.15) is 34.5 Å². The van der Waals surface area contributed by atoms with E-state index in [1.807, 2.05) is 36.4 Å². The minimum Gasteiger partial charge on any atom is -0.508 e. The van der Waals surface area contributed by atoms with Gasteiger partial charge in [0.25, 0.3) is 0 Å². The van der Waals surface area contributed by atoms with E-state index >= 15 is 0 Å². The van der Waals surface area contributed by atoms with Gasteiger partial charge in [-0.25, -0.2) is 0 Å². The van der Waals surface area contributed by atoms with Crippen molar-refractivity contribution in [3.8, 4) is 34.5 Å². The summed E-state index contributed by atoms with van der Waals surface area (Å²) in [4.78, 5) is 0. The number of hydrogen-bond donors (Lipinski definition) is 6. The van der Waals surface area contributed by atoms with Crippen LogP contribution in [0.4, 0.5) is 0 Å². The molecule has 424 valence electrons. The van der Waals surface area contributed by atoms with Crippen molar-refractivity contribution in [1.29, 1.82) is 0 Å². The molecule has 0 amide bonds. The molecule has 6 heteroatoms. The molecule has 4 aliphatic carbocycles. The SMILES string of the molecule is Cc1cc(Cc2ccc(O)c(C(c3cc(C4CCCCC4)ccc3C)c3cc(C4CCCCC4)c(O)cc3C)c2)c(O)c(Cc2ccc(O)c(C(c3cc(C4CCCCC4)c(O)cc3C)c3cc(C4CCCCC4)c(O)cc3C)c2)c1. The summed E-state index contributed by atoms with van der Waals surface area (Å²) in [7, 11) is 0. The Kier molecular flexibility index (Phi) is 17.0. The molecule has 6 N–H and O–H groups in total. The molecule has 0 heterocycles. The number of aryl methyl sites for hydroxylation is 5. The first kappa shape index (κ1) is 56.2. The van der Waals surface area contributed by atoms with Crippen LogP contribution in [-0.4, -0.2) is 30.6 Å². The van der Waals surface area contributed by atoms with E-state index in [0.717, 1.165) is 166 Å². The highest BCUT2D eigenvalue weighted by Gasteiger charge is 2.32. The molecule has 4 saturated carbocycles. The molecule has 1 unspecified atom stereocenters. The molecule has 4 fully saturated rings. The van der Waals surface area contributed by atoms with Crippen LogP contribution in [0.2, 0.25) is 0 Å². The van der Waals surface area contributed by atoms with Gasteiger partial charge in [0, 0.05) is 35.8 Å². The Labute approximate surface area is 483 Å². The van der Waals surface area contributed by atoms with Crippen LogP contribution in [0.1, 0.15) is 270 Å². The lowest BCUT2D eigenvalue weighted by molar-refractivity contribution is 0.413. The van der Waals surface area contributed by atoms with Crippen molar-refractivity contribution < 1.29 is 30.6 Å². The third-order valence-corrected chi connectivity index (χ3v) is 20.0. The Morgan fingerprint density at radius 3 is 1.04 bits per heavy atom. The van der Waals surface area contributed by atoms with E-state index in [9.17, 15) is 30.6 Å². The molecule has 7 aromatic rings. The van der Waals surface area contributed by atoms with Crippen molar-refractivity contribution in [2.45, 2.75) is 211 Å². The fourth-order valence-electron chi connectivity index (χ4n) is 15.5. The molecular formula is C75H88O6. The van der Waals surface area contributed by atoms with Gasteiger partial charge in [-0.15, -0.1) is 0 Å². The van der Waals surface area contributed by atoms with Gasteiger partial charge in [0.2, 0.25) is 0 Å². The van der Waals surface area contributed by atoms with Gasteiger partial charge in [-0.3, -0.25) is 0 Å². The first-order valence-electron chi connectivity index (χ1n) is 31.2. The third kappa shape index (κ3) is 12.0. The van der Waals surface area contributed by atoms with Crippen LogP contribution in [0.15, 0.2) is 103 Å². The smallest absolute Gasteiger partial charge is 0.122 e. The van der Waals surface area contributed by atoms with E-state index in [2.05, 4.69) is 95.3 Å².